The predicted octanol–water partition coefficient (Wildman–Crippen LogP) is 0.636. The molecule has 0 spiro atoms. The summed E-state index contributed by atoms with van der Waals surface area (Å²) in [7, 11) is 3.43. The van der Waals surface area contributed by atoms with Crippen LogP contribution < -0.4 is 5.73 Å². The molecule has 5 nitrogen and oxygen atoms in total. The second kappa shape index (κ2) is 6.72. The van der Waals surface area contributed by atoms with Gasteiger partial charge in [0, 0.05) is 20.6 Å². The van der Waals surface area contributed by atoms with Crippen molar-refractivity contribution < 1.29 is 9.59 Å². The van der Waals surface area contributed by atoms with Crippen molar-refractivity contribution in [2.45, 2.75) is 31.3 Å². The topological polar surface area (TPSA) is 66.6 Å². The summed E-state index contributed by atoms with van der Waals surface area (Å²) < 4.78 is 0. The number of carbonyl (C=O) groups is 2. The van der Waals surface area contributed by atoms with E-state index in [9.17, 15) is 9.59 Å². The van der Waals surface area contributed by atoms with E-state index in [1.165, 1.54) is 0 Å². The largest absolute Gasteiger partial charge is 0.347 e. The van der Waals surface area contributed by atoms with E-state index in [0.717, 1.165) is 18.4 Å². The van der Waals surface area contributed by atoms with E-state index in [4.69, 9.17) is 5.73 Å². The van der Waals surface area contributed by atoms with Crippen LogP contribution in [0, 0.1) is 0 Å². The Labute approximate surface area is 125 Å². The van der Waals surface area contributed by atoms with Crippen molar-refractivity contribution in [1.29, 1.82) is 0 Å². The van der Waals surface area contributed by atoms with Crippen molar-refractivity contribution in [3.63, 3.8) is 0 Å². The van der Waals surface area contributed by atoms with Gasteiger partial charge in [-0.1, -0.05) is 30.3 Å². The molecule has 1 aliphatic heterocycles. The highest BCUT2D eigenvalue weighted by molar-refractivity contribution is 5.90. The van der Waals surface area contributed by atoms with Gasteiger partial charge >= 0.3 is 0 Å². The molecule has 1 fully saturated rings. The number of carbonyl (C=O) groups excluding carboxylic acids is 2. The van der Waals surface area contributed by atoms with Crippen molar-refractivity contribution >= 4 is 11.8 Å². The molecule has 2 amide bonds. The standard InChI is InChI=1S/C16H23N3O2/c1-18(2)16(21)14-9-6-10-19(14)15(20)13(17)11-12-7-4-3-5-8-12/h3-5,7-8,13-14H,6,9-11,17H2,1-2H3/t13-,14?/m0/s1. The fourth-order valence-electron chi connectivity index (χ4n) is 2.75. The van der Waals surface area contributed by atoms with Crippen LogP contribution in [0.25, 0.3) is 0 Å². The van der Waals surface area contributed by atoms with Crippen molar-refractivity contribution in [3.8, 4) is 0 Å². The molecule has 1 aliphatic rings. The lowest BCUT2D eigenvalue weighted by Gasteiger charge is -2.28. The van der Waals surface area contributed by atoms with Gasteiger partial charge in [0.1, 0.15) is 6.04 Å². The molecule has 5 heteroatoms. The van der Waals surface area contributed by atoms with E-state index in [2.05, 4.69) is 0 Å². The van der Waals surface area contributed by atoms with Crippen LogP contribution in [-0.4, -0.2) is 54.3 Å². The molecule has 1 saturated heterocycles. The number of hydrogen-bond acceptors (Lipinski definition) is 3. The van der Waals surface area contributed by atoms with Gasteiger partial charge in [0.15, 0.2) is 0 Å². The fraction of sp³-hybridized carbons (Fsp3) is 0.500. The molecule has 21 heavy (non-hydrogen) atoms. The SMILES string of the molecule is CN(C)C(=O)C1CCCN1C(=O)[C@@H](N)Cc1ccccc1. The number of likely N-dealkylation sites (tertiary alicyclic amines) is 1. The van der Waals surface area contributed by atoms with Gasteiger partial charge in [-0.2, -0.15) is 0 Å². The maximum absolute atomic E-state index is 12.5. The Balaban J connectivity index is 2.03. The first-order valence-corrected chi connectivity index (χ1v) is 7.32. The van der Waals surface area contributed by atoms with Gasteiger partial charge in [-0.25, -0.2) is 0 Å². The number of nitrogens with two attached hydrogens (primary N) is 1. The van der Waals surface area contributed by atoms with E-state index in [-0.39, 0.29) is 17.9 Å². The second-order valence-electron chi connectivity index (χ2n) is 5.72. The number of rotatable bonds is 4. The number of nitrogens with zero attached hydrogens (tertiary/aromatic N) is 2. The van der Waals surface area contributed by atoms with Crippen LogP contribution in [0.2, 0.25) is 0 Å². The molecule has 1 unspecified atom stereocenters. The van der Waals surface area contributed by atoms with Crippen molar-refractivity contribution in [2.24, 2.45) is 5.73 Å². The molecule has 1 aromatic carbocycles. The Morgan fingerprint density at radius 1 is 1.33 bits per heavy atom. The lowest BCUT2D eigenvalue weighted by molar-refractivity contribution is -0.143. The molecule has 1 heterocycles. The third kappa shape index (κ3) is 3.61. The third-order valence-corrected chi connectivity index (χ3v) is 3.88. The van der Waals surface area contributed by atoms with Crippen molar-refractivity contribution in [1.82, 2.24) is 9.80 Å². The van der Waals surface area contributed by atoms with Gasteiger partial charge in [-0.3, -0.25) is 9.59 Å². The molecule has 114 valence electrons. The molecule has 2 N–H and O–H groups in total. The number of likely N-dealkylation sites (N-methyl/N-ethyl adjacent to an activating group) is 1. The lowest BCUT2D eigenvalue weighted by Crippen LogP contribution is -2.51. The zero-order chi connectivity index (χ0) is 15.4. The highest BCUT2D eigenvalue weighted by Crippen LogP contribution is 2.20. The van der Waals surface area contributed by atoms with Crippen LogP contribution in [0.1, 0.15) is 18.4 Å². The fourth-order valence-corrected chi connectivity index (χ4v) is 2.75. The van der Waals surface area contributed by atoms with E-state index < -0.39 is 6.04 Å². The Morgan fingerprint density at radius 3 is 2.62 bits per heavy atom. The average Bonchev–Trinajstić information content (AvgIpc) is 2.95. The highest BCUT2D eigenvalue weighted by Gasteiger charge is 2.36. The molecular weight excluding hydrogens is 266 g/mol. The second-order valence-corrected chi connectivity index (χ2v) is 5.72. The van der Waals surface area contributed by atoms with Gasteiger partial charge in [-0.15, -0.1) is 0 Å². The smallest absolute Gasteiger partial charge is 0.244 e. The molecule has 2 atom stereocenters. The van der Waals surface area contributed by atoms with E-state index in [0.29, 0.717) is 13.0 Å². The van der Waals surface area contributed by atoms with Crippen LogP contribution in [0.4, 0.5) is 0 Å². The number of hydrogen-bond donors (Lipinski definition) is 1. The normalized spacial score (nSPS) is 19.4. The molecule has 0 bridgehead atoms. The molecule has 0 aromatic heterocycles. The number of amides is 2. The van der Waals surface area contributed by atoms with Crippen molar-refractivity contribution in [3.05, 3.63) is 35.9 Å². The molecule has 0 saturated carbocycles. The van der Waals surface area contributed by atoms with E-state index in [1.54, 1.807) is 23.9 Å². The maximum Gasteiger partial charge on any atom is 0.244 e. The van der Waals surface area contributed by atoms with Crippen LogP contribution in [-0.2, 0) is 16.0 Å². The Kier molecular flexibility index (Phi) is 4.96. The minimum absolute atomic E-state index is 0.0206. The Hall–Kier alpha value is -1.88. The molecule has 0 aliphatic carbocycles. The number of benzene rings is 1. The van der Waals surface area contributed by atoms with E-state index in [1.807, 2.05) is 30.3 Å². The summed E-state index contributed by atoms with van der Waals surface area (Å²) in [5.74, 6) is -0.149. The van der Waals surface area contributed by atoms with Gasteiger partial charge in [0.05, 0.1) is 6.04 Å². The van der Waals surface area contributed by atoms with Gasteiger partial charge in [0.2, 0.25) is 11.8 Å². The summed E-state index contributed by atoms with van der Waals surface area (Å²) in [4.78, 5) is 27.8. The molecular formula is C16H23N3O2. The summed E-state index contributed by atoms with van der Waals surface area (Å²) in [6.07, 6.45) is 2.08. The first-order chi connectivity index (χ1) is 10.0. The maximum atomic E-state index is 12.5. The quantitative estimate of drug-likeness (QED) is 0.884. The van der Waals surface area contributed by atoms with Crippen LogP contribution in [0.15, 0.2) is 30.3 Å². The first-order valence-electron chi connectivity index (χ1n) is 7.32. The van der Waals surface area contributed by atoms with Crippen LogP contribution in [0.3, 0.4) is 0 Å². The van der Waals surface area contributed by atoms with Crippen LogP contribution in [0.5, 0.6) is 0 Å². The van der Waals surface area contributed by atoms with Crippen LogP contribution >= 0.6 is 0 Å². The summed E-state index contributed by atoms with van der Waals surface area (Å²) in [6.45, 7) is 0.617. The lowest BCUT2D eigenvalue weighted by atomic mass is 10.1. The summed E-state index contributed by atoms with van der Waals surface area (Å²) in [5, 5.41) is 0. The summed E-state index contributed by atoms with van der Waals surface area (Å²) in [5.41, 5.74) is 7.09. The minimum atomic E-state index is -0.594. The zero-order valence-electron chi connectivity index (χ0n) is 12.7. The molecule has 2 rings (SSSR count). The van der Waals surface area contributed by atoms with Crippen molar-refractivity contribution in [2.75, 3.05) is 20.6 Å². The predicted molar refractivity (Wildman–Crippen MR) is 81.6 cm³/mol. The van der Waals surface area contributed by atoms with Gasteiger partial charge in [0.25, 0.3) is 0 Å². The molecule has 1 aromatic rings. The monoisotopic (exact) mass is 289 g/mol. The Bertz CT molecular complexity index is 502. The third-order valence-electron chi connectivity index (χ3n) is 3.88. The van der Waals surface area contributed by atoms with E-state index >= 15 is 0 Å². The molecule has 0 radical (unpaired) electrons. The summed E-state index contributed by atoms with van der Waals surface area (Å²) >= 11 is 0. The highest BCUT2D eigenvalue weighted by atomic mass is 16.2. The average molecular weight is 289 g/mol. The van der Waals surface area contributed by atoms with Gasteiger partial charge in [-0.05, 0) is 24.8 Å². The Morgan fingerprint density at radius 2 is 2.00 bits per heavy atom. The first kappa shape index (κ1) is 15.5. The van der Waals surface area contributed by atoms with Gasteiger partial charge < -0.3 is 15.5 Å². The zero-order valence-corrected chi connectivity index (χ0v) is 12.7. The summed E-state index contributed by atoms with van der Waals surface area (Å²) in [6, 6.07) is 8.77. The minimum Gasteiger partial charge on any atom is -0.347 e.